The van der Waals surface area contributed by atoms with Gasteiger partial charge < -0.3 is 15.2 Å². The lowest BCUT2D eigenvalue weighted by molar-refractivity contribution is 0.136. The molecule has 2 unspecified atom stereocenters. The highest BCUT2D eigenvalue weighted by atomic mass is 16.5. The highest BCUT2D eigenvalue weighted by Crippen LogP contribution is 2.17. The van der Waals surface area contributed by atoms with Crippen LogP contribution in [0.25, 0.3) is 0 Å². The van der Waals surface area contributed by atoms with Crippen molar-refractivity contribution < 1.29 is 9.84 Å². The number of aromatic nitrogens is 1. The van der Waals surface area contributed by atoms with Crippen LogP contribution in [0.15, 0.2) is 18.3 Å². The van der Waals surface area contributed by atoms with E-state index in [9.17, 15) is 5.11 Å². The molecule has 0 amide bonds. The maximum Gasteiger partial charge on any atom is 0.212 e. The van der Waals surface area contributed by atoms with Gasteiger partial charge in [-0.25, -0.2) is 4.98 Å². The van der Waals surface area contributed by atoms with Crippen LogP contribution in [0.1, 0.15) is 25.5 Å². The molecule has 4 heteroatoms. The molecule has 0 aromatic carbocycles. The lowest BCUT2D eigenvalue weighted by atomic mass is 10.1. The Morgan fingerprint density at radius 1 is 1.53 bits per heavy atom. The van der Waals surface area contributed by atoms with Gasteiger partial charge in [0, 0.05) is 23.9 Å². The lowest BCUT2D eigenvalue weighted by Gasteiger charge is -2.19. The molecule has 0 aliphatic carbocycles. The molecule has 0 saturated heterocycles. The number of aliphatic hydroxyl groups is 1. The first kappa shape index (κ1) is 11.9. The maximum atomic E-state index is 9.94. The van der Waals surface area contributed by atoms with E-state index >= 15 is 0 Å². The Morgan fingerprint density at radius 2 is 2.27 bits per heavy atom. The highest BCUT2D eigenvalue weighted by Gasteiger charge is 2.15. The van der Waals surface area contributed by atoms with E-state index in [4.69, 9.17) is 4.74 Å². The van der Waals surface area contributed by atoms with Crippen molar-refractivity contribution in [3.05, 3.63) is 23.9 Å². The van der Waals surface area contributed by atoms with E-state index in [1.807, 2.05) is 19.9 Å². The van der Waals surface area contributed by atoms with E-state index in [1.54, 1.807) is 19.4 Å². The van der Waals surface area contributed by atoms with Crippen LogP contribution in [-0.4, -0.2) is 29.8 Å². The lowest BCUT2D eigenvalue weighted by Crippen LogP contribution is -2.31. The maximum absolute atomic E-state index is 9.94. The molecule has 0 fully saturated rings. The van der Waals surface area contributed by atoms with Crippen molar-refractivity contribution >= 4 is 0 Å². The molecule has 2 N–H and O–H groups in total. The molecular formula is C11H18N2O2. The number of likely N-dealkylation sites (N-methyl/N-ethyl adjacent to an activating group) is 1. The van der Waals surface area contributed by atoms with Gasteiger partial charge in [-0.2, -0.15) is 0 Å². The topological polar surface area (TPSA) is 54.4 Å². The Bertz CT molecular complexity index is 287. The molecule has 2 atom stereocenters. The number of aliphatic hydroxyl groups excluding tert-OH is 1. The van der Waals surface area contributed by atoms with Crippen LogP contribution >= 0.6 is 0 Å². The third-order valence-corrected chi connectivity index (χ3v) is 2.31. The van der Waals surface area contributed by atoms with Crippen LogP contribution < -0.4 is 10.1 Å². The van der Waals surface area contributed by atoms with Gasteiger partial charge in [0.1, 0.15) is 0 Å². The van der Waals surface area contributed by atoms with Gasteiger partial charge in [0.05, 0.1) is 13.2 Å². The first-order chi connectivity index (χ1) is 7.19. The summed E-state index contributed by atoms with van der Waals surface area (Å²) in [5, 5.41) is 13.1. The van der Waals surface area contributed by atoms with Gasteiger partial charge in [0.15, 0.2) is 0 Å². The van der Waals surface area contributed by atoms with E-state index in [0.29, 0.717) is 5.88 Å². The Labute approximate surface area is 90.3 Å². The van der Waals surface area contributed by atoms with Gasteiger partial charge in [0.2, 0.25) is 5.88 Å². The number of hydrogen-bond acceptors (Lipinski definition) is 4. The highest BCUT2D eigenvalue weighted by molar-refractivity contribution is 5.20. The quantitative estimate of drug-likeness (QED) is 0.764. The van der Waals surface area contributed by atoms with Crippen molar-refractivity contribution in [1.29, 1.82) is 0 Å². The normalized spacial score (nSPS) is 14.7. The summed E-state index contributed by atoms with van der Waals surface area (Å²) in [5.41, 5.74) is 0.796. The Balaban J connectivity index is 2.69. The van der Waals surface area contributed by atoms with Crippen LogP contribution in [0.4, 0.5) is 0 Å². The minimum Gasteiger partial charge on any atom is -0.481 e. The van der Waals surface area contributed by atoms with Gasteiger partial charge in [-0.1, -0.05) is 6.92 Å². The van der Waals surface area contributed by atoms with Gasteiger partial charge in [-0.15, -0.1) is 0 Å². The van der Waals surface area contributed by atoms with Crippen molar-refractivity contribution in [2.45, 2.75) is 26.0 Å². The summed E-state index contributed by atoms with van der Waals surface area (Å²) in [4.78, 5) is 4.05. The van der Waals surface area contributed by atoms with E-state index in [-0.39, 0.29) is 6.04 Å². The van der Waals surface area contributed by atoms with Crippen molar-refractivity contribution in [3.8, 4) is 5.88 Å². The molecule has 15 heavy (non-hydrogen) atoms. The van der Waals surface area contributed by atoms with E-state index in [2.05, 4.69) is 10.3 Å². The fourth-order valence-corrected chi connectivity index (χ4v) is 1.41. The first-order valence-corrected chi connectivity index (χ1v) is 5.10. The van der Waals surface area contributed by atoms with Crippen LogP contribution in [0.3, 0.4) is 0 Å². The van der Waals surface area contributed by atoms with Crippen molar-refractivity contribution in [2.24, 2.45) is 0 Å². The van der Waals surface area contributed by atoms with Crippen LogP contribution in [0.2, 0.25) is 0 Å². The zero-order valence-corrected chi connectivity index (χ0v) is 9.40. The zero-order chi connectivity index (χ0) is 11.3. The summed E-state index contributed by atoms with van der Waals surface area (Å²) in [5.74, 6) is 0.557. The summed E-state index contributed by atoms with van der Waals surface area (Å²) >= 11 is 0. The zero-order valence-electron chi connectivity index (χ0n) is 9.40. The molecule has 0 aliphatic rings. The number of rotatable bonds is 5. The molecular weight excluding hydrogens is 192 g/mol. The minimum absolute atomic E-state index is 0.0187. The molecule has 0 radical (unpaired) electrons. The Morgan fingerprint density at radius 3 is 2.73 bits per heavy atom. The molecule has 1 rings (SSSR count). The van der Waals surface area contributed by atoms with E-state index < -0.39 is 6.10 Å². The van der Waals surface area contributed by atoms with E-state index in [1.165, 1.54) is 0 Å². The molecule has 0 saturated carbocycles. The number of nitrogens with zero attached hydrogens (tertiary/aromatic N) is 1. The molecule has 1 aromatic heterocycles. The second-order valence-electron chi connectivity index (χ2n) is 3.43. The Hall–Kier alpha value is -1.13. The monoisotopic (exact) mass is 210 g/mol. The van der Waals surface area contributed by atoms with Crippen molar-refractivity contribution in [1.82, 2.24) is 10.3 Å². The van der Waals surface area contributed by atoms with Gasteiger partial charge in [-0.05, 0) is 19.5 Å². The predicted octanol–water partition coefficient (Wildman–Crippen LogP) is 1.12. The number of nitrogens with one attached hydrogen (secondary N) is 1. The summed E-state index contributed by atoms with van der Waals surface area (Å²) in [7, 11) is 1.57. The molecule has 4 nitrogen and oxygen atoms in total. The summed E-state index contributed by atoms with van der Waals surface area (Å²) in [6, 6.07) is 3.59. The standard InChI is InChI=1S/C11H18N2O2/c1-4-12-8(2)11(14)9-5-6-10(15-3)13-7-9/h5-8,11-12,14H,4H2,1-3H3. The second kappa shape index (κ2) is 5.68. The number of methoxy groups -OCH3 is 1. The van der Waals surface area contributed by atoms with E-state index in [0.717, 1.165) is 12.1 Å². The van der Waals surface area contributed by atoms with Crippen LogP contribution in [0, 0.1) is 0 Å². The molecule has 0 bridgehead atoms. The smallest absolute Gasteiger partial charge is 0.212 e. The molecule has 1 aromatic rings. The fourth-order valence-electron chi connectivity index (χ4n) is 1.41. The third kappa shape index (κ3) is 3.18. The molecule has 0 spiro atoms. The molecule has 84 valence electrons. The van der Waals surface area contributed by atoms with Crippen LogP contribution in [0.5, 0.6) is 5.88 Å². The van der Waals surface area contributed by atoms with Gasteiger partial charge in [0.25, 0.3) is 0 Å². The minimum atomic E-state index is -0.539. The number of ether oxygens (including phenoxy) is 1. The summed E-state index contributed by atoms with van der Waals surface area (Å²) in [6.07, 6.45) is 1.10. The largest absolute Gasteiger partial charge is 0.481 e. The molecule has 0 aliphatic heterocycles. The average molecular weight is 210 g/mol. The fraction of sp³-hybridized carbons (Fsp3) is 0.545. The SMILES string of the molecule is CCNC(C)C(O)c1ccc(OC)nc1. The predicted molar refractivity (Wildman–Crippen MR) is 58.9 cm³/mol. The Kier molecular flexibility index (Phi) is 4.52. The average Bonchev–Trinajstić information content (AvgIpc) is 2.28. The van der Waals surface area contributed by atoms with Gasteiger partial charge >= 0.3 is 0 Å². The van der Waals surface area contributed by atoms with Crippen LogP contribution in [-0.2, 0) is 0 Å². The summed E-state index contributed by atoms with van der Waals surface area (Å²) < 4.78 is 4.95. The number of pyridine rings is 1. The second-order valence-corrected chi connectivity index (χ2v) is 3.43. The summed E-state index contributed by atoms with van der Waals surface area (Å²) in [6.45, 7) is 4.79. The molecule has 1 heterocycles. The van der Waals surface area contributed by atoms with Crippen molar-refractivity contribution in [3.63, 3.8) is 0 Å². The van der Waals surface area contributed by atoms with Crippen molar-refractivity contribution in [2.75, 3.05) is 13.7 Å². The first-order valence-electron chi connectivity index (χ1n) is 5.10. The number of hydrogen-bond donors (Lipinski definition) is 2. The van der Waals surface area contributed by atoms with Gasteiger partial charge in [-0.3, -0.25) is 0 Å². The third-order valence-electron chi connectivity index (χ3n) is 2.31.